The summed E-state index contributed by atoms with van der Waals surface area (Å²) in [5.41, 5.74) is 1.57. The van der Waals surface area contributed by atoms with Crippen molar-refractivity contribution < 1.29 is 9.18 Å². The van der Waals surface area contributed by atoms with Gasteiger partial charge in [-0.05, 0) is 25.6 Å². The fourth-order valence-corrected chi connectivity index (χ4v) is 4.50. The van der Waals surface area contributed by atoms with Crippen LogP contribution in [0.5, 0.6) is 0 Å². The molecule has 3 aromatic rings. The minimum atomic E-state index is -0.777. The molecule has 0 aromatic carbocycles. The molecule has 1 amide bonds. The summed E-state index contributed by atoms with van der Waals surface area (Å²) in [4.78, 5) is 36.6. The Morgan fingerprint density at radius 3 is 2.76 bits per heavy atom. The van der Waals surface area contributed by atoms with Crippen molar-refractivity contribution in [1.29, 1.82) is 0 Å². The summed E-state index contributed by atoms with van der Waals surface area (Å²) in [7, 11) is 1.92. The molecule has 2 fully saturated rings. The molecule has 150 valence electrons. The van der Waals surface area contributed by atoms with Gasteiger partial charge in [0, 0.05) is 31.4 Å². The van der Waals surface area contributed by atoms with Crippen LogP contribution in [-0.4, -0.2) is 76.7 Å². The molecule has 0 saturated carbocycles. The molecule has 0 unspecified atom stereocenters. The number of aromatic nitrogens is 4. The van der Waals surface area contributed by atoms with Crippen LogP contribution in [0.15, 0.2) is 24.5 Å². The molecule has 0 radical (unpaired) electrons. The maximum Gasteiger partial charge on any atom is 0.243 e. The summed E-state index contributed by atoms with van der Waals surface area (Å²) in [6.07, 6.45) is 3.20. The van der Waals surface area contributed by atoms with Gasteiger partial charge in [-0.3, -0.25) is 14.6 Å². The summed E-state index contributed by atoms with van der Waals surface area (Å²) in [6, 6.07) is 3.85. The highest BCUT2D eigenvalue weighted by atomic mass is 32.1. The smallest absolute Gasteiger partial charge is 0.243 e. The fourth-order valence-electron chi connectivity index (χ4n) is 3.61. The van der Waals surface area contributed by atoms with Gasteiger partial charge in [0.25, 0.3) is 0 Å². The first kappa shape index (κ1) is 18.3. The number of pyridine rings is 1. The number of fused-ring (bicyclic) bond motifs is 1. The van der Waals surface area contributed by atoms with Gasteiger partial charge in [0.2, 0.25) is 11.9 Å². The molecule has 8 nitrogen and oxygen atoms in total. The lowest BCUT2D eigenvalue weighted by molar-refractivity contribution is -0.120. The fraction of sp³-hybridized carbons (Fsp3) is 0.421. The number of likely N-dealkylation sites (N-methyl/N-ethyl adjacent to an activating group) is 1. The third-order valence-corrected chi connectivity index (χ3v) is 6.25. The van der Waals surface area contributed by atoms with Gasteiger partial charge in [-0.1, -0.05) is 11.3 Å². The number of carbonyl (C=O) groups excluding carboxylic acids is 1. The highest BCUT2D eigenvalue weighted by molar-refractivity contribution is 7.21. The van der Waals surface area contributed by atoms with Crippen LogP contribution in [0.2, 0.25) is 0 Å². The van der Waals surface area contributed by atoms with Crippen LogP contribution in [-0.2, 0) is 4.79 Å². The molecule has 5 rings (SSSR count). The third kappa shape index (κ3) is 3.53. The SMILES string of the molecule is CN1CCN(c2ncc3nc(-c4ccc(N5CC[C@@H](F)C5)nc4)sc3n2)C(=O)C1. The second kappa shape index (κ2) is 7.27. The Morgan fingerprint density at radius 2 is 2.03 bits per heavy atom. The number of amides is 1. The molecule has 0 N–H and O–H groups in total. The lowest BCUT2D eigenvalue weighted by Crippen LogP contribution is -2.49. The van der Waals surface area contributed by atoms with E-state index in [0.29, 0.717) is 44.1 Å². The van der Waals surface area contributed by atoms with E-state index >= 15 is 0 Å². The molecular formula is C19H20FN7OS. The summed E-state index contributed by atoms with van der Waals surface area (Å²) < 4.78 is 13.4. The number of hydrogen-bond acceptors (Lipinski definition) is 8. The molecular weight excluding hydrogens is 393 g/mol. The lowest BCUT2D eigenvalue weighted by Gasteiger charge is -2.30. The van der Waals surface area contributed by atoms with E-state index in [0.717, 1.165) is 27.8 Å². The maximum absolute atomic E-state index is 13.4. The van der Waals surface area contributed by atoms with Crippen molar-refractivity contribution in [3.63, 3.8) is 0 Å². The summed E-state index contributed by atoms with van der Waals surface area (Å²) in [5, 5.41) is 0.792. The van der Waals surface area contributed by atoms with Crippen molar-refractivity contribution in [1.82, 2.24) is 24.8 Å². The molecule has 0 spiro atoms. The number of halogens is 1. The van der Waals surface area contributed by atoms with Gasteiger partial charge in [-0.25, -0.2) is 19.3 Å². The predicted molar refractivity (Wildman–Crippen MR) is 110 cm³/mol. The summed E-state index contributed by atoms with van der Waals surface area (Å²) >= 11 is 1.44. The highest BCUT2D eigenvalue weighted by Gasteiger charge is 2.26. The van der Waals surface area contributed by atoms with Crippen LogP contribution in [0.25, 0.3) is 20.9 Å². The van der Waals surface area contributed by atoms with Crippen LogP contribution in [0, 0.1) is 0 Å². The zero-order valence-electron chi connectivity index (χ0n) is 16.0. The Labute approximate surface area is 171 Å². The second-order valence-corrected chi connectivity index (χ2v) is 8.38. The Balaban J connectivity index is 1.39. The number of nitrogens with zero attached hydrogens (tertiary/aromatic N) is 7. The largest absolute Gasteiger partial charge is 0.354 e. The molecule has 0 aliphatic carbocycles. The van der Waals surface area contributed by atoms with Crippen LogP contribution in [0.1, 0.15) is 6.42 Å². The summed E-state index contributed by atoms with van der Waals surface area (Å²) in [5.74, 6) is 1.21. The Kier molecular flexibility index (Phi) is 4.59. The van der Waals surface area contributed by atoms with E-state index < -0.39 is 6.17 Å². The quantitative estimate of drug-likeness (QED) is 0.650. The number of piperazine rings is 1. The normalized spacial score (nSPS) is 20.8. The molecule has 0 bridgehead atoms. The van der Waals surface area contributed by atoms with Crippen molar-refractivity contribution in [3.8, 4) is 10.6 Å². The Morgan fingerprint density at radius 1 is 1.14 bits per heavy atom. The Hall–Kier alpha value is -2.72. The van der Waals surface area contributed by atoms with E-state index in [-0.39, 0.29) is 5.91 Å². The van der Waals surface area contributed by atoms with Gasteiger partial charge >= 0.3 is 0 Å². The maximum atomic E-state index is 13.4. The number of hydrogen-bond donors (Lipinski definition) is 0. The van der Waals surface area contributed by atoms with Crippen molar-refractivity contribution in [2.24, 2.45) is 0 Å². The number of rotatable bonds is 3. The minimum absolute atomic E-state index is 0.0000543. The molecule has 5 heterocycles. The molecule has 10 heteroatoms. The van der Waals surface area contributed by atoms with Crippen LogP contribution >= 0.6 is 11.3 Å². The van der Waals surface area contributed by atoms with Gasteiger partial charge in [-0.2, -0.15) is 4.98 Å². The Bertz CT molecular complexity index is 1060. The predicted octanol–water partition coefficient (Wildman–Crippen LogP) is 1.97. The molecule has 2 aliphatic rings. The van der Waals surface area contributed by atoms with Crippen molar-refractivity contribution >= 4 is 39.4 Å². The van der Waals surface area contributed by atoms with Gasteiger partial charge in [-0.15, -0.1) is 0 Å². The number of carbonyl (C=O) groups is 1. The van der Waals surface area contributed by atoms with Gasteiger partial charge in [0.1, 0.15) is 27.3 Å². The number of anilines is 2. The average Bonchev–Trinajstić information content (AvgIpc) is 3.34. The minimum Gasteiger partial charge on any atom is -0.354 e. The topological polar surface area (TPSA) is 78.4 Å². The standard InChI is InChI=1S/C19H20FN7OS/c1-25-6-7-27(16(28)11-25)19-22-9-14-18(24-19)29-17(23-14)12-2-3-15(21-8-12)26-5-4-13(20)10-26/h2-3,8-9,13H,4-7,10-11H2,1H3/t13-/m1/s1. The first-order valence-corrected chi connectivity index (χ1v) is 10.4. The molecule has 29 heavy (non-hydrogen) atoms. The molecule has 1 atom stereocenters. The van der Waals surface area contributed by atoms with E-state index in [4.69, 9.17) is 0 Å². The van der Waals surface area contributed by atoms with E-state index in [1.54, 1.807) is 17.3 Å². The van der Waals surface area contributed by atoms with E-state index in [1.165, 1.54) is 11.3 Å². The average molecular weight is 413 g/mol. The van der Waals surface area contributed by atoms with Crippen LogP contribution < -0.4 is 9.80 Å². The van der Waals surface area contributed by atoms with E-state index in [2.05, 4.69) is 19.9 Å². The van der Waals surface area contributed by atoms with Crippen molar-refractivity contribution in [2.45, 2.75) is 12.6 Å². The zero-order chi connectivity index (χ0) is 20.0. The first-order valence-electron chi connectivity index (χ1n) is 9.55. The van der Waals surface area contributed by atoms with Crippen molar-refractivity contribution in [2.75, 3.05) is 49.6 Å². The summed E-state index contributed by atoms with van der Waals surface area (Å²) in [6.45, 7) is 2.83. The van der Waals surface area contributed by atoms with Gasteiger partial charge in [0.05, 0.1) is 19.3 Å². The molecule has 2 aliphatic heterocycles. The highest BCUT2D eigenvalue weighted by Crippen LogP contribution is 2.30. The number of thiazole rings is 1. The lowest BCUT2D eigenvalue weighted by atomic mass is 10.3. The molecule has 3 aromatic heterocycles. The molecule has 2 saturated heterocycles. The zero-order valence-corrected chi connectivity index (χ0v) is 16.8. The van der Waals surface area contributed by atoms with Crippen LogP contribution in [0.3, 0.4) is 0 Å². The van der Waals surface area contributed by atoms with Crippen LogP contribution in [0.4, 0.5) is 16.2 Å². The van der Waals surface area contributed by atoms with Gasteiger partial charge < -0.3 is 4.90 Å². The van der Waals surface area contributed by atoms with Gasteiger partial charge in [0.15, 0.2) is 0 Å². The van der Waals surface area contributed by atoms with E-state index in [1.807, 2.05) is 29.0 Å². The monoisotopic (exact) mass is 413 g/mol. The number of alkyl halides is 1. The van der Waals surface area contributed by atoms with E-state index in [9.17, 15) is 9.18 Å². The third-order valence-electron chi connectivity index (χ3n) is 5.24. The second-order valence-electron chi connectivity index (χ2n) is 7.40. The first-order chi connectivity index (χ1) is 14.1. The van der Waals surface area contributed by atoms with Crippen molar-refractivity contribution in [3.05, 3.63) is 24.5 Å².